The smallest absolute Gasteiger partial charge is 0.303 e. The fourth-order valence-corrected chi connectivity index (χ4v) is 5.05. The van der Waals surface area contributed by atoms with Crippen LogP contribution in [0.5, 0.6) is 0 Å². The minimum absolute atomic E-state index is 0.102. The van der Waals surface area contributed by atoms with Crippen LogP contribution in [0.4, 0.5) is 5.69 Å². The molecule has 1 atom stereocenters. The molecular formula is C28H39N3O6. The highest BCUT2D eigenvalue weighted by molar-refractivity contribution is 6.25. The Morgan fingerprint density at radius 1 is 0.865 bits per heavy atom. The quantitative estimate of drug-likeness (QED) is 0.204. The van der Waals surface area contributed by atoms with Crippen LogP contribution in [0.2, 0.25) is 0 Å². The van der Waals surface area contributed by atoms with Crippen LogP contribution >= 0.6 is 0 Å². The lowest BCUT2D eigenvalue weighted by molar-refractivity contribution is -0.138. The molecule has 0 spiro atoms. The van der Waals surface area contributed by atoms with Crippen molar-refractivity contribution in [2.24, 2.45) is 0 Å². The van der Waals surface area contributed by atoms with Crippen molar-refractivity contribution in [3.63, 3.8) is 0 Å². The molecule has 1 unspecified atom stereocenters. The molecule has 3 N–H and O–H groups in total. The third-order valence-electron chi connectivity index (χ3n) is 7.10. The van der Waals surface area contributed by atoms with Crippen LogP contribution in [0, 0.1) is 0 Å². The maximum Gasteiger partial charge on any atom is 0.303 e. The first-order valence-electron chi connectivity index (χ1n) is 13.7. The number of amides is 4. The monoisotopic (exact) mass is 513 g/mol. The summed E-state index contributed by atoms with van der Waals surface area (Å²) < 4.78 is 0. The lowest BCUT2D eigenvalue weighted by Crippen LogP contribution is -2.54. The summed E-state index contributed by atoms with van der Waals surface area (Å²) in [4.78, 5) is 61.2. The van der Waals surface area contributed by atoms with E-state index >= 15 is 0 Å². The molecule has 1 aromatic rings. The van der Waals surface area contributed by atoms with Gasteiger partial charge in [-0.15, -0.1) is 0 Å². The van der Waals surface area contributed by atoms with Crippen LogP contribution in [0.25, 0.3) is 0 Å². The largest absolute Gasteiger partial charge is 0.481 e. The van der Waals surface area contributed by atoms with Gasteiger partial charge in [0.1, 0.15) is 6.04 Å². The van der Waals surface area contributed by atoms with E-state index in [1.807, 2.05) is 0 Å². The number of carboxylic acid groups (broad SMARTS) is 1. The molecule has 9 heteroatoms. The summed E-state index contributed by atoms with van der Waals surface area (Å²) in [5, 5.41) is 14.1. The fraction of sp³-hybridized carbons (Fsp3) is 0.607. The average Bonchev–Trinajstić information content (AvgIpc) is 3.12. The molecule has 1 fully saturated rings. The van der Waals surface area contributed by atoms with Crippen molar-refractivity contribution in [1.82, 2.24) is 10.2 Å². The normalized spacial score (nSPS) is 17.2. The highest BCUT2D eigenvalue weighted by atomic mass is 16.4. The van der Waals surface area contributed by atoms with E-state index in [1.54, 1.807) is 18.2 Å². The molecule has 4 amide bonds. The van der Waals surface area contributed by atoms with Crippen molar-refractivity contribution in [3.05, 3.63) is 29.3 Å². The molecule has 202 valence electrons. The molecule has 0 radical (unpaired) electrons. The van der Waals surface area contributed by atoms with E-state index in [9.17, 15) is 24.0 Å². The van der Waals surface area contributed by atoms with E-state index in [1.165, 1.54) is 38.5 Å². The number of carboxylic acids is 1. The average molecular weight is 514 g/mol. The van der Waals surface area contributed by atoms with Gasteiger partial charge in [-0.1, -0.05) is 70.3 Å². The summed E-state index contributed by atoms with van der Waals surface area (Å²) in [6.07, 6.45) is 14.0. The SMILES string of the molecule is O=C(O)CCCCCCCCCCCCCCNc1cccc2c1C(=O)N(C1CCC(=O)NC1=O)C2=O. The van der Waals surface area contributed by atoms with E-state index in [2.05, 4.69) is 10.6 Å². The zero-order chi connectivity index (χ0) is 26.6. The number of imide groups is 2. The topological polar surface area (TPSA) is 133 Å². The zero-order valence-corrected chi connectivity index (χ0v) is 21.6. The molecule has 0 bridgehead atoms. The van der Waals surface area contributed by atoms with E-state index in [4.69, 9.17) is 5.11 Å². The standard InChI is InChI=1S/C28H39N3O6/c32-23-18-17-22(26(35)30-23)31-27(36)20-14-13-15-21(25(20)28(31)37)29-19-12-10-8-6-4-2-1-3-5-7-9-11-16-24(33)34/h13-15,22,29H,1-12,16-19H2,(H,33,34)(H,30,32,35). The third-order valence-corrected chi connectivity index (χ3v) is 7.10. The fourth-order valence-electron chi connectivity index (χ4n) is 5.05. The van der Waals surface area contributed by atoms with Gasteiger partial charge in [0.25, 0.3) is 11.8 Å². The lowest BCUT2D eigenvalue weighted by atomic mass is 10.0. The highest BCUT2D eigenvalue weighted by Gasteiger charge is 2.45. The first kappa shape index (κ1) is 28.3. The number of piperidine rings is 1. The zero-order valence-electron chi connectivity index (χ0n) is 21.6. The molecule has 1 saturated heterocycles. The minimum Gasteiger partial charge on any atom is -0.481 e. The van der Waals surface area contributed by atoms with Crippen LogP contribution in [0.1, 0.15) is 117 Å². The lowest BCUT2D eigenvalue weighted by Gasteiger charge is -2.27. The number of carbonyl (C=O) groups is 5. The van der Waals surface area contributed by atoms with Gasteiger partial charge in [0.05, 0.1) is 11.1 Å². The van der Waals surface area contributed by atoms with Crippen molar-refractivity contribution in [2.75, 3.05) is 11.9 Å². The molecule has 37 heavy (non-hydrogen) atoms. The van der Waals surface area contributed by atoms with Gasteiger partial charge >= 0.3 is 5.97 Å². The molecule has 2 aliphatic heterocycles. The van der Waals surface area contributed by atoms with Gasteiger partial charge in [-0.2, -0.15) is 0 Å². The number of hydrogen-bond acceptors (Lipinski definition) is 6. The molecular weight excluding hydrogens is 474 g/mol. The van der Waals surface area contributed by atoms with Crippen molar-refractivity contribution in [3.8, 4) is 0 Å². The van der Waals surface area contributed by atoms with Crippen LogP contribution in [-0.2, 0) is 14.4 Å². The Hall–Kier alpha value is -3.23. The first-order valence-corrected chi connectivity index (χ1v) is 13.7. The first-order chi connectivity index (χ1) is 17.9. The number of fused-ring (bicyclic) bond motifs is 1. The van der Waals surface area contributed by atoms with Gasteiger partial charge in [0, 0.05) is 25.1 Å². The van der Waals surface area contributed by atoms with E-state index < -0.39 is 29.7 Å². The number of carbonyl (C=O) groups excluding carboxylic acids is 4. The molecule has 0 saturated carbocycles. The van der Waals surface area contributed by atoms with Crippen LogP contribution in [0.3, 0.4) is 0 Å². The van der Waals surface area contributed by atoms with Crippen molar-refractivity contribution in [2.45, 2.75) is 102 Å². The molecule has 0 aromatic heterocycles. The minimum atomic E-state index is -0.957. The second-order valence-corrected chi connectivity index (χ2v) is 9.99. The highest BCUT2D eigenvalue weighted by Crippen LogP contribution is 2.32. The number of rotatable bonds is 17. The Labute approximate surface area is 218 Å². The predicted octanol–water partition coefficient (Wildman–Crippen LogP) is 4.66. The summed E-state index contributed by atoms with van der Waals surface area (Å²) in [6.45, 7) is 0.693. The number of nitrogens with one attached hydrogen (secondary N) is 2. The third kappa shape index (κ3) is 8.13. The van der Waals surface area contributed by atoms with E-state index in [0.717, 1.165) is 43.4 Å². The van der Waals surface area contributed by atoms with E-state index in [0.29, 0.717) is 23.4 Å². The molecule has 2 aliphatic rings. The van der Waals surface area contributed by atoms with Gasteiger partial charge in [-0.05, 0) is 31.4 Å². The van der Waals surface area contributed by atoms with Crippen molar-refractivity contribution in [1.29, 1.82) is 0 Å². The number of benzene rings is 1. The van der Waals surface area contributed by atoms with Gasteiger partial charge in [-0.3, -0.25) is 34.2 Å². The second-order valence-electron chi connectivity index (χ2n) is 9.99. The maximum atomic E-state index is 13.1. The number of unbranched alkanes of at least 4 members (excludes halogenated alkanes) is 11. The molecule has 1 aromatic carbocycles. The van der Waals surface area contributed by atoms with E-state index in [-0.39, 0.29) is 25.2 Å². The summed E-state index contributed by atoms with van der Waals surface area (Å²) in [5.74, 6) is -2.67. The predicted molar refractivity (Wildman–Crippen MR) is 139 cm³/mol. The number of hydrogen-bond donors (Lipinski definition) is 3. The van der Waals surface area contributed by atoms with Gasteiger partial charge < -0.3 is 10.4 Å². The number of nitrogens with zero attached hydrogens (tertiary/aromatic N) is 1. The molecule has 0 aliphatic carbocycles. The Kier molecular flexibility index (Phi) is 11.1. The van der Waals surface area contributed by atoms with Gasteiger partial charge in [-0.25, -0.2) is 0 Å². The van der Waals surface area contributed by atoms with Crippen LogP contribution < -0.4 is 10.6 Å². The van der Waals surface area contributed by atoms with Crippen LogP contribution in [0.15, 0.2) is 18.2 Å². The second kappa shape index (κ2) is 14.5. The van der Waals surface area contributed by atoms with Gasteiger partial charge in [0.15, 0.2) is 0 Å². The molecule has 9 nitrogen and oxygen atoms in total. The summed E-state index contributed by atoms with van der Waals surface area (Å²) in [6, 6.07) is 4.16. The summed E-state index contributed by atoms with van der Waals surface area (Å²) >= 11 is 0. The molecule has 3 rings (SSSR count). The summed E-state index contributed by atoms with van der Waals surface area (Å²) in [7, 11) is 0. The number of aliphatic carboxylic acids is 1. The Morgan fingerprint density at radius 3 is 2.05 bits per heavy atom. The van der Waals surface area contributed by atoms with Crippen LogP contribution in [-0.4, -0.2) is 52.2 Å². The Balaban J connectivity index is 1.30. The Bertz CT molecular complexity index is 992. The maximum absolute atomic E-state index is 13.1. The van der Waals surface area contributed by atoms with Gasteiger partial charge in [0.2, 0.25) is 11.8 Å². The Morgan fingerprint density at radius 2 is 1.46 bits per heavy atom. The number of anilines is 1. The van der Waals surface area contributed by atoms with Crippen molar-refractivity contribution < 1.29 is 29.1 Å². The van der Waals surface area contributed by atoms with Crippen molar-refractivity contribution >= 4 is 35.3 Å². The molecule has 2 heterocycles. The summed E-state index contributed by atoms with van der Waals surface area (Å²) in [5.41, 5.74) is 1.20.